The summed E-state index contributed by atoms with van der Waals surface area (Å²) in [6.07, 6.45) is 2.74. The van der Waals surface area contributed by atoms with Crippen molar-refractivity contribution in [2.75, 3.05) is 33.7 Å². The fraction of sp³-hybridized carbons (Fsp3) is 0.412. The topological polar surface area (TPSA) is 58.4 Å². The van der Waals surface area contributed by atoms with Gasteiger partial charge < -0.3 is 18.8 Å². The Balaban J connectivity index is 2.37. The maximum atomic E-state index is 5.39. The van der Waals surface area contributed by atoms with Gasteiger partial charge in [-0.3, -0.25) is 0 Å². The first-order valence-electron chi connectivity index (χ1n) is 7.63. The predicted molar refractivity (Wildman–Crippen MR) is 96.0 cm³/mol. The van der Waals surface area contributed by atoms with E-state index in [1.807, 2.05) is 24.3 Å². The lowest BCUT2D eigenvalue weighted by molar-refractivity contribution is 0.189. The zero-order valence-corrected chi connectivity index (χ0v) is 15.1. The summed E-state index contributed by atoms with van der Waals surface area (Å²) in [5.41, 5.74) is 0.933. The van der Waals surface area contributed by atoms with Gasteiger partial charge in [0.15, 0.2) is 22.5 Å². The van der Waals surface area contributed by atoms with E-state index in [2.05, 4.69) is 21.3 Å². The highest BCUT2D eigenvalue weighted by Gasteiger charge is 2.16. The summed E-state index contributed by atoms with van der Waals surface area (Å²) in [4.78, 5) is 0. The number of benzene rings is 1. The molecule has 1 aromatic heterocycles. The van der Waals surface area contributed by atoms with Crippen LogP contribution in [0.1, 0.15) is 6.42 Å². The third kappa shape index (κ3) is 4.30. The molecule has 6 nitrogen and oxygen atoms in total. The number of hydrogen-bond acceptors (Lipinski definition) is 6. The van der Waals surface area contributed by atoms with Crippen molar-refractivity contribution in [2.24, 2.45) is 0 Å². The molecular formula is C17H23N3O3S. The molecule has 2 aromatic rings. The molecule has 0 aliphatic heterocycles. The highest BCUT2D eigenvalue weighted by molar-refractivity contribution is 7.99. The molecule has 0 spiro atoms. The molecule has 0 saturated heterocycles. The van der Waals surface area contributed by atoms with Crippen molar-refractivity contribution < 1.29 is 14.2 Å². The minimum absolute atomic E-state index is 0.668. The van der Waals surface area contributed by atoms with Crippen LogP contribution in [0.4, 0.5) is 0 Å². The molecule has 0 saturated carbocycles. The number of rotatable bonds is 10. The van der Waals surface area contributed by atoms with E-state index in [9.17, 15) is 0 Å². The van der Waals surface area contributed by atoms with E-state index in [0.29, 0.717) is 18.1 Å². The summed E-state index contributed by atoms with van der Waals surface area (Å²) in [5, 5.41) is 9.56. The Kier molecular flexibility index (Phi) is 7.14. The molecule has 0 bridgehead atoms. The second-order valence-corrected chi connectivity index (χ2v) is 5.96. The highest BCUT2D eigenvalue weighted by Crippen LogP contribution is 2.33. The zero-order valence-electron chi connectivity index (χ0n) is 14.3. The largest absolute Gasteiger partial charge is 0.493 e. The zero-order chi connectivity index (χ0) is 17.4. The summed E-state index contributed by atoms with van der Waals surface area (Å²) in [6.45, 7) is 5.23. The molecule has 0 aliphatic rings. The number of nitrogens with zero attached hydrogens (tertiary/aromatic N) is 3. The van der Waals surface area contributed by atoms with Crippen molar-refractivity contribution in [3.8, 4) is 22.9 Å². The lowest BCUT2D eigenvalue weighted by atomic mass is 10.2. The van der Waals surface area contributed by atoms with Gasteiger partial charge in [-0.2, -0.15) is 0 Å². The lowest BCUT2D eigenvalue weighted by Gasteiger charge is -2.12. The minimum Gasteiger partial charge on any atom is -0.493 e. The Bertz CT molecular complexity index is 673. The van der Waals surface area contributed by atoms with Crippen LogP contribution in [0.5, 0.6) is 11.5 Å². The average Bonchev–Trinajstić information content (AvgIpc) is 3.02. The fourth-order valence-electron chi connectivity index (χ4n) is 2.29. The van der Waals surface area contributed by atoms with Gasteiger partial charge in [-0.1, -0.05) is 17.8 Å². The Morgan fingerprint density at radius 3 is 2.62 bits per heavy atom. The van der Waals surface area contributed by atoms with Gasteiger partial charge in [-0.05, 0) is 24.6 Å². The smallest absolute Gasteiger partial charge is 0.191 e. The first-order chi connectivity index (χ1) is 11.7. The molecule has 0 amide bonds. The normalized spacial score (nSPS) is 10.6. The van der Waals surface area contributed by atoms with Crippen LogP contribution >= 0.6 is 11.8 Å². The molecule has 1 heterocycles. The highest BCUT2D eigenvalue weighted by atomic mass is 32.2. The van der Waals surface area contributed by atoms with Gasteiger partial charge >= 0.3 is 0 Å². The third-order valence-corrected chi connectivity index (χ3v) is 4.38. The molecular weight excluding hydrogens is 326 g/mol. The van der Waals surface area contributed by atoms with E-state index in [1.54, 1.807) is 33.1 Å². The Morgan fingerprint density at radius 1 is 1.17 bits per heavy atom. The van der Waals surface area contributed by atoms with Crippen molar-refractivity contribution in [2.45, 2.75) is 18.1 Å². The Hall–Kier alpha value is -1.99. The predicted octanol–water partition coefficient (Wildman–Crippen LogP) is 3.28. The first kappa shape index (κ1) is 18.4. The van der Waals surface area contributed by atoms with Crippen LogP contribution in [-0.2, 0) is 11.3 Å². The van der Waals surface area contributed by atoms with Crippen molar-refractivity contribution in [1.82, 2.24) is 14.8 Å². The van der Waals surface area contributed by atoms with Gasteiger partial charge in [0.2, 0.25) is 0 Å². The van der Waals surface area contributed by atoms with Gasteiger partial charge in [0, 0.05) is 31.6 Å². The van der Waals surface area contributed by atoms with Crippen molar-refractivity contribution >= 4 is 11.8 Å². The molecule has 0 unspecified atom stereocenters. The SMILES string of the molecule is C=CCSc1nnc(-c2ccc(OC)c(OC)c2)n1CCCOC. The molecule has 7 heteroatoms. The van der Waals surface area contributed by atoms with Crippen LogP contribution in [0.25, 0.3) is 11.4 Å². The van der Waals surface area contributed by atoms with Crippen LogP contribution in [0.15, 0.2) is 36.0 Å². The number of aromatic nitrogens is 3. The van der Waals surface area contributed by atoms with Crippen molar-refractivity contribution in [3.63, 3.8) is 0 Å². The van der Waals surface area contributed by atoms with Crippen molar-refractivity contribution in [3.05, 3.63) is 30.9 Å². The minimum atomic E-state index is 0.668. The summed E-state index contributed by atoms with van der Waals surface area (Å²) in [7, 11) is 4.94. The maximum absolute atomic E-state index is 5.39. The molecule has 1 aromatic carbocycles. The number of methoxy groups -OCH3 is 3. The summed E-state index contributed by atoms with van der Waals surface area (Å²) >= 11 is 1.61. The maximum Gasteiger partial charge on any atom is 0.191 e. The van der Waals surface area contributed by atoms with Gasteiger partial charge in [0.1, 0.15) is 0 Å². The summed E-state index contributed by atoms with van der Waals surface area (Å²) in [5.74, 6) is 2.95. The lowest BCUT2D eigenvalue weighted by Crippen LogP contribution is -2.05. The van der Waals surface area contributed by atoms with Gasteiger partial charge in [-0.15, -0.1) is 16.8 Å². The molecule has 0 aliphatic carbocycles. The number of thioether (sulfide) groups is 1. The first-order valence-corrected chi connectivity index (χ1v) is 8.62. The van der Waals surface area contributed by atoms with E-state index in [-0.39, 0.29) is 0 Å². The quantitative estimate of drug-likeness (QED) is 0.373. The van der Waals surface area contributed by atoms with E-state index in [1.165, 1.54) is 0 Å². The van der Waals surface area contributed by atoms with Gasteiger partial charge in [-0.25, -0.2) is 0 Å². The fourth-order valence-corrected chi connectivity index (χ4v) is 2.99. The molecule has 24 heavy (non-hydrogen) atoms. The van der Waals surface area contributed by atoms with E-state index in [4.69, 9.17) is 14.2 Å². The molecule has 2 rings (SSSR count). The standard InChI is InChI=1S/C17H23N3O3S/c1-5-11-24-17-19-18-16(20(17)9-6-10-21-2)13-7-8-14(22-3)15(12-13)23-4/h5,7-8,12H,1,6,9-11H2,2-4H3. The molecule has 0 N–H and O–H groups in total. The Morgan fingerprint density at radius 2 is 1.96 bits per heavy atom. The Labute approximate surface area is 146 Å². The van der Waals surface area contributed by atoms with Crippen molar-refractivity contribution in [1.29, 1.82) is 0 Å². The van der Waals surface area contributed by atoms with Crippen LogP contribution in [-0.4, -0.2) is 48.5 Å². The molecule has 0 radical (unpaired) electrons. The summed E-state index contributed by atoms with van der Waals surface area (Å²) < 4.78 is 17.9. The molecule has 0 atom stereocenters. The second kappa shape index (κ2) is 9.34. The van der Waals surface area contributed by atoms with Crippen LogP contribution in [0.2, 0.25) is 0 Å². The van der Waals surface area contributed by atoms with E-state index < -0.39 is 0 Å². The second-order valence-electron chi connectivity index (χ2n) is 4.97. The van der Waals surface area contributed by atoms with E-state index in [0.717, 1.165) is 35.3 Å². The number of hydrogen-bond donors (Lipinski definition) is 0. The average molecular weight is 349 g/mol. The molecule has 130 valence electrons. The molecule has 0 fully saturated rings. The number of ether oxygens (including phenoxy) is 3. The van der Waals surface area contributed by atoms with Crippen LogP contribution in [0.3, 0.4) is 0 Å². The van der Waals surface area contributed by atoms with Crippen LogP contribution < -0.4 is 9.47 Å². The van der Waals surface area contributed by atoms with Gasteiger partial charge in [0.05, 0.1) is 14.2 Å². The van der Waals surface area contributed by atoms with Crippen LogP contribution in [0, 0.1) is 0 Å². The summed E-state index contributed by atoms with van der Waals surface area (Å²) in [6, 6.07) is 5.75. The van der Waals surface area contributed by atoms with E-state index >= 15 is 0 Å². The van der Waals surface area contributed by atoms with Gasteiger partial charge in [0.25, 0.3) is 0 Å². The third-order valence-electron chi connectivity index (χ3n) is 3.42. The monoisotopic (exact) mass is 349 g/mol.